The van der Waals surface area contributed by atoms with E-state index in [-0.39, 0.29) is 17.2 Å². The minimum atomic E-state index is -1.19. The molecule has 1 unspecified atom stereocenters. The monoisotopic (exact) mass is 254 g/mol. The van der Waals surface area contributed by atoms with Crippen LogP contribution in [-0.2, 0) is 4.79 Å². The molecule has 7 heteroatoms. The van der Waals surface area contributed by atoms with Crippen LogP contribution in [0.2, 0.25) is 0 Å². The van der Waals surface area contributed by atoms with Crippen molar-refractivity contribution in [2.75, 3.05) is 6.54 Å². The van der Waals surface area contributed by atoms with Crippen LogP contribution < -0.4 is 10.6 Å². The fourth-order valence-corrected chi connectivity index (χ4v) is 1.23. The molecule has 0 aliphatic carbocycles. The summed E-state index contributed by atoms with van der Waals surface area (Å²) in [5.41, 5.74) is -0.120. The smallest absolute Gasteiger partial charge is 0.338 e. The van der Waals surface area contributed by atoms with Gasteiger partial charge in [0.05, 0.1) is 5.56 Å². The highest BCUT2D eigenvalue weighted by Gasteiger charge is 2.19. The molecule has 1 rings (SSSR count). The molecule has 0 bridgehead atoms. The number of rotatable bonds is 5. The largest absolute Gasteiger partial charge is 0.478 e. The standard InChI is InChI=1S/C11H14N2O5/c1-3-12-9(14)6(2)13-10(15)8-4-7(5-18-8)11(16)17/h4-6H,3H2,1-2H3,(H,12,14)(H,13,15)(H,16,17). The van der Waals surface area contributed by atoms with Gasteiger partial charge in [0.15, 0.2) is 5.76 Å². The molecule has 0 saturated heterocycles. The summed E-state index contributed by atoms with van der Waals surface area (Å²) in [5, 5.41) is 13.6. The van der Waals surface area contributed by atoms with Gasteiger partial charge in [-0.15, -0.1) is 0 Å². The molecular formula is C11H14N2O5. The Hall–Kier alpha value is -2.31. The summed E-state index contributed by atoms with van der Waals surface area (Å²) >= 11 is 0. The van der Waals surface area contributed by atoms with Gasteiger partial charge >= 0.3 is 5.97 Å². The van der Waals surface area contributed by atoms with Crippen LogP contribution in [0.3, 0.4) is 0 Å². The molecule has 1 heterocycles. The van der Waals surface area contributed by atoms with Gasteiger partial charge in [-0.2, -0.15) is 0 Å². The first-order valence-corrected chi connectivity index (χ1v) is 5.36. The Kier molecular flexibility index (Phi) is 4.47. The van der Waals surface area contributed by atoms with Crippen LogP contribution in [0.15, 0.2) is 16.7 Å². The summed E-state index contributed by atoms with van der Waals surface area (Å²) in [6.45, 7) is 3.74. The highest BCUT2D eigenvalue weighted by molar-refractivity contribution is 5.97. The van der Waals surface area contributed by atoms with Gasteiger partial charge in [-0.3, -0.25) is 9.59 Å². The number of aromatic carboxylic acids is 1. The Labute approximate surface area is 103 Å². The lowest BCUT2D eigenvalue weighted by Crippen LogP contribution is -2.44. The molecule has 7 nitrogen and oxygen atoms in total. The molecule has 1 atom stereocenters. The number of amides is 2. The van der Waals surface area contributed by atoms with Gasteiger partial charge in [0.2, 0.25) is 5.91 Å². The third-order valence-corrected chi connectivity index (χ3v) is 2.16. The van der Waals surface area contributed by atoms with Crippen molar-refractivity contribution in [3.8, 4) is 0 Å². The zero-order valence-electron chi connectivity index (χ0n) is 10.0. The Morgan fingerprint density at radius 1 is 1.44 bits per heavy atom. The highest BCUT2D eigenvalue weighted by Crippen LogP contribution is 2.07. The molecule has 0 aliphatic heterocycles. The van der Waals surface area contributed by atoms with Gasteiger partial charge in [-0.1, -0.05) is 0 Å². The Bertz CT molecular complexity index is 466. The van der Waals surface area contributed by atoms with Crippen molar-refractivity contribution in [1.29, 1.82) is 0 Å². The molecule has 1 aromatic heterocycles. The number of hydrogen-bond donors (Lipinski definition) is 3. The van der Waals surface area contributed by atoms with Crippen LogP contribution in [0.4, 0.5) is 0 Å². The van der Waals surface area contributed by atoms with E-state index in [1.807, 2.05) is 0 Å². The summed E-state index contributed by atoms with van der Waals surface area (Å²) < 4.78 is 4.80. The molecule has 98 valence electrons. The van der Waals surface area contributed by atoms with Gasteiger partial charge in [0, 0.05) is 12.6 Å². The molecular weight excluding hydrogens is 240 g/mol. The second-order valence-corrected chi connectivity index (χ2v) is 3.59. The van der Waals surface area contributed by atoms with Crippen molar-refractivity contribution in [3.05, 3.63) is 23.7 Å². The van der Waals surface area contributed by atoms with Crippen LogP contribution in [0.5, 0.6) is 0 Å². The third kappa shape index (κ3) is 3.34. The molecule has 0 fully saturated rings. The first-order valence-electron chi connectivity index (χ1n) is 5.36. The minimum Gasteiger partial charge on any atom is -0.478 e. The second kappa shape index (κ2) is 5.85. The normalized spacial score (nSPS) is 11.7. The predicted molar refractivity (Wildman–Crippen MR) is 61.3 cm³/mol. The number of carboxylic acids is 1. The van der Waals surface area contributed by atoms with Gasteiger partial charge in [0.25, 0.3) is 5.91 Å². The summed E-state index contributed by atoms with van der Waals surface area (Å²) in [4.78, 5) is 33.6. The third-order valence-electron chi connectivity index (χ3n) is 2.16. The lowest BCUT2D eigenvalue weighted by atomic mass is 10.2. The van der Waals surface area contributed by atoms with E-state index in [2.05, 4.69) is 10.6 Å². The van der Waals surface area contributed by atoms with Crippen molar-refractivity contribution in [2.45, 2.75) is 19.9 Å². The maximum atomic E-state index is 11.6. The Morgan fingerprint density at radius 3 is 2.61 bits per heavy atom. The van der Waals surface area contributed by atoms with Crippen molar-refractivity contribution >= 4 is 17.8 Å². The van der Waals surface area contributed by atoms with Crippen LogP contribution in [0.25, 0.3) is 0 Å². The van der Waals surface area contributed by atoms with E-state index in [9.17, 15) is 14.4 Å². The predicted octanol–water partition coefficient (Wildman–Crippen LogP) is 0.232. The number of likely N-dealkylation sites (N-methyl/N-ethyl adjacent to an activating group) is 1. The van der Waals surface area contributed by atoms with Crippen molar-refractivity contribution in [2.24, 2.45) is 0 Å². The number of carboxylic acid groups (broad SMARTS) is 1. The van der Waals surface area contributed by atoms with Crippen molar-refractivity contribution in [1.82, 2.24) is 10.6 Å². The Balaban J connectivity index is 2.64. The number of carbonyl (C=O) groups is 3. The SMILES string of the molecule is CCNC(=O)C(C)NC(=O)c1cc(C(=O)O)co1. The zero-order chi connectivity index (χ0) is 13.7. The summed E-state index contributed by atoms with van der Waals surface area (Å²) in [7, 11) is 0. The van der Waals surface area contributed by atoms with Crippen LogP contribution >= 0.6 is 0 Å². The van der Waals surface area contributed by atoms with Gasteiger partial charge in [0.1, 0.15) is 12.3 Å². The van der Waals surface area contributed by atoms with Crippen LogP contribution in [-0.4, -0.2) is 35.5 Å². The molecule has 2 amide bonds. The van der Waals surface area contributed by atoms with Crippen LogP contribution in [0, 0.1) is 0 Å². The topological polar surface area (TPSA) is 109 Å². The zero-order valence-corrected chi connectivity index (χ0v) is 10.0. The molecule has 1 aromatic rings. The molecule has 0 aromatic carbocycles. The van der Waals surface area contributed by atoms with Gasteiger partial charge in [-0.25, -0.2) is 4.79 Å². The molecule has 0 spiro atoms. The van der Waals surface area contributed by atoms with E-state index in [1.54, 1.807) is 6.92 Å². The van der Waals surface area contributed by atoms with Gasteiger partial charge < -0.3 is 20.2 Å². The van der Waals surface area contributed by atoms with E-state index in [4.69, 9.17) is 9.52 Å². The molecule has 0 aliphatic rings. The first kappa shape index (κ1) is 13.8. The fourth-order valence-electron chi connectivity index (χ4n) is 1.23. The maximum Gasteiger partial charge on any atom is 0.338 e. The lowest BCUT2D eigenvalue weighted by molar-refractivity contribution is -0.122. The number of furan rings is 1. The molecule has 18 heavy (non-hydrogen) atoms. The average Bonchev–Trinajstić information content (AvgIpc) is 2.78. The minimum absolute atomic E-state index is 0.120. The second-order valence-electron chi connectivity index (χ2n) is 3.59. The Morgan fingerprint density at radius 2 is 2.11 bits per heavy atom. The molecule has 3 N–H and O–H groups in total. The highest BCUT2D eigenvalue weighted by atomic mass is 16.4. The van der Waals surface area contributed by atoms with E-state index in [1.165, 1.54) is 6.92 Å². The number of nitrogens with one attached hydrogen (secondary N) is 2. The fraction of sp³-hybridized carbons (Fsp3) is 0.364. The van der Waals surface area contributed by atoms with Crippen LogP contribution in [0.1, 0.15) is 34.8 Å². The summed E-state index contributed by atoms with van der Waals surface area (Å²) in [5.74, 6) is -2.30. The number of carbonyl (C=O) groups excluding carboxylic acids is 2. The quantitative estimate of drug-likeness (QED) is 0.697. The average molecular weight is 254 g/mol. The van der Waals surface area contributed by atoms with Crippen molar-refractivity contribution < 1.29 is 23.9 Å². The van der Waals surface area contributed by atoms with E-state index in [0.717, 1.165) is 12.3 Å². The van der Waals surface area contributed by atoms with Crippen molar-refractivity contribution in [3.63, 3.8) is 0 Å². The van der Waals surface area contributed by atoms with E-state index < -0.39 is 17.9 Å². The summed E-state index contributed by atoms with van der Waals surface area (Å²) in [6, 6.07) is 0.373. The molecule has 0 radical (unpaired) electrons. The maximum absolute atomic E-state index is 11.6. The van der Waals surface area contributed by atoms with Gasteiger partial charge in [-0.05, 0) is 13.8 Å². The number of hydrogen-bond acceptors (Lipinski definition) is 4. The lowest BCUT2D eigenvalue weighted by Gasteiger charge is -2.11. The molecule has 0 saturated carbocycles. The van der Waals surface area contributed by atoms with E-state index in [0.29, 0.717) is 6.54 Å². The first-order chi connectivity index (χ1) is 8.45. The van der Waals surface area contributed by atoms with E-state index >= 15 is 0 Å². The summed E-state index contributed by atoms with van der Waals surface area (Å²) in [6.07, 6.45) is 0.966.